The van der Waals surface area contributed by atoms with Gasteiger partial charge in [-0.25, -0.2) is 4.98 Å². The van der Waals surface area contributed by atoms with Crippen LogP contribution >= 0.6 is 0 Å². The third-order valence-corrected chi connectivity index (χ3v) is 2.66. The maximum absolute atomic E-state index is 11.0. The second-order valence-corrected chi connectivity index (χ2v) is 4.01. The molecular weight excluding hydrogens is 264 g/mol. The molecule has 0 radical (unpaired) electrons. The van der Waals surface area contributed by atoms with E-state index < -0.39 is 4.92 Å². The molecule has 0 aliphatic carbocycles. The number of esters is 1. The van der Waals surface area contributed by atoms with Crippen molar-refractivity contribution in [3.8, 4) is 6.07 Å². The van der Waals surface area contributed by atoms with Gasteiger partial charge in [0, 0.05) is 26.1 Å². The van der Waals surface area contributed by atoms with Crippen molar-refractivity contribution >= 4 is 17.5 Å². The summed E-state index contributed by atoms with van der Waals surface area (Å²) in [6.45, 7) is 0.519. The zero-order chi connectivity index (χ0) is 15.1. The minimum Gasteiger partial charge on any atom is -0.469 e. The second kappa shape index (κ2) is 7.04. The summed E-state index contributed by atoms with van der Waals surface area (Å²) >= 11 is 0. The zero-order valence-electron chi connectivity index (χ0n) is 11.2. The standard InChI is InChI=1S/C12H14N4O4/c1-15(7-3-4-12(17)20-2)11-6-5-10(16(18)19)9(8-13)14-11/h5-6H,3-4,7H2,1-2H3. The van der Waals surface area contributed by atoms with Crippen molar-refractivity contribution in [3.05, 3.63) is 27.9 Å². The molecule has 106 valence electrons. The topological polar surface area (TPSA) is 109 Å². The third kappa shape index (κ3) is 3.91. The maximum Gasteiger partial charge on any atom is 0.305 e. The number of hydrogen-bond acceptors (Lipinski definition) is 7. The van der Waals surface area contributed by atoms with Gasteiger partial charge in [-0.05, 0) is 12.5 Å². The highest BCUT2D eigenvalue weighted by atomic mass is 16.6. The maximum atomic E-state index is 11.0. The van der Waals surface area contributed by atoms with Gasteiger partial charge in [-0.2, -0.15) is 5.26 Å². The van der Waals surface area contributed by atoms with E-state index in [4.69, 9.17) is 5.26 Å². The molecule has 1 aromatic rings. The van der Waals surface area contributed by atoms with E-state index in [0.29, 0.717) is 18.8 Å². The molecule has 0 unspecified atom stereocenters. The first-order chi connectivity index (χ1) is 9.49. The van der Waals surface area contributed by atoms with Crippen molar-refractivity contribution in [2.45, 2.75) is 12.8 Å². The molecule has 0 amide bonds. The fourth-order valence-electron chi connectivity index (χ4n) is 1.56. The van der Waals surface area contributed by atoms with Crippen LogP contribution in [0.15, 0.2) is 12.1 Å². The first-order valence-electron chi connectivity index (χ1n) is 5.83. The molecule has 0 aliphatic rings. The van der Waals surface area contributed by atoms with E-state index in [1.165, 1.54) is 19.2 Å². The molecule has 0 atom stereocenters. The van der Waals surface area contributed by atoms with Crippen molar-refractivity contribution in [1.82, 2.24) is 4.98 Å². The third-order valence-electron chi connectivity index (χ3n) is 2.66. The summed E-state index contributed by atoms with van der Waals surface area (Å²) in [4.78, 5) is 26.7. The number of methoxy groups -OCH3 is 1. The summed E-state index contributed by atoms with van der Waals surface area (Å²) in [5.41, 5.74) is -0.550. The molecule has 0 aromatic carbocycles. The van der Waals surface area contributed by atoms with Crippen LogP contribution in [0.25, 0.3) is 0 Å². The number of anilines is 1. The van der Waals surface area contributed by atoms with Gasteiger partial charge in [0.15, 0.2) is 0 Å². The van der Waals surface area contributed by atoms with Gasteiger partial charge in [0.05, 0.1) is 12.0 Å². The number of nitro groups is 1. The predicted octanol–water partition coefficient (Wildman–Crippen LogP) is 1.25. The summed E-state index contributed by atoms with van der Waals surface area (Å²) in [5, 5.41) is 19.5. The Hall–Kier alpha value is -2.69. The summed E-state index contributed by atoms with van der Waals surface area (Å²) in [5.74, 6) is 0.143. The minimum absolute atomic E-state index is 0.229. The monoisotopic (exact) mass is 278 g/mol. The first-order valence-corrected chi connectivity index (χ1v) is 5.83. The van der Waals surface area contributed by atoms with Gasteiger partial charge >= 0.3 is 11.7 Å². The molecule has 1 heterocycles. The number of nitrogens with zero attached hydrogens (tertiary/aromatic N) is 4. The van der Waals surface area contributed by atoms with Crippen molar-refractivity contribution in [2.24, 2.45) is 0 Å². The minimum atomic E-state index is -0.646. The number of carbonyl (C=O) groups excluding carboxylic acids is 1. The molecule has 0 aliphatic heterocycles. The van der Waals surface area contributed by atoms with Gasteiger partial charge in [-0.3, -0.25) is 14.9 Å². The van der Waals surface area contributed by atoms with E-state index in [1.807, 2.05) is 0 Å². The molecule has 8 nitrogen and oxygen atoms in total. The Bertz CT molecular complexity index is 553. The van der Waals surface area contributed by atoms with Crippen LogP contribution in [0.2, 0.25) is 0 Å². The average Bonchev–Trinajstić information content (AvgIpc) is 2.45. The van der Waals surface area contributed by atoms with Crippen molar-refractivity contribution in [1.29, 1.82) is 5.26 Å². The lowest BCUT2D eigenvalue weighted by atomic mass is 10.2. The Balaban J connectivity index is 2.74. The van der Waals surface area contributed by atoms with Gasteiger partial charge in [0.2, 0.25) is 5.69 Å². The molecule has 1 aromatic heterocycles. The molecule has 0 saturated heterocycles. The van der Waals surface area contributed by atoms with Crippen LogP contribution in [0.5, 0.6) is 0 Å². The van der Waals surface area contributed by atoms with E-state index in [2.05, 4.69) is 9.72 Å². The van der Waals surface area contributed by atoms with Crippen LogP contribution in [-0.2, 0) is 9.53 Å². The van der Waals surface area contributed by atoms with Crippen LogP contribution < -0.4 is 4.90 Å². The summed E-state index contributed by atoms with van der Waals surface area (Å²) in [6, 6.07) is 4.42. The molecule has 8 heteroatoms. The van der Waals surface area contributed by atoms with Gasteiger partial charge in [0.1, 0.15) is 11.9 Å². The molecule has 0 bridgehead atoms. The Labute approximate surface area is 115 Å². The number of ether oxygens (including phenoxy) is 1. The quantitative estimate of drug-likeness (QED) is 0.437. The van der Waals surface area contributed by atoms with Gasteiger partial charge in [0.25, 0.3) is 0 Å². The average molecular weight is 278 g/mol. The van der Waals surface area contributed by atoms with Crippen molar-refractivity contribution in [2.75, 3.05) is 25.6 Å². The Morgan fingerprint density at radius 1 is 1.60 bits per heavy atom. The molecule has 0 N–H and O–H groups in total. The Kier molecular flexibility index (Phi) is 5.41. The Morgan fingerprint density at radius 3 is 2.85 bits per heavy atom. The van der Waals surface area contributed by atoms with Gasteiger partial charge in [-0.1, -0.05) is 0 Å². The molecule has 1 rings (SSSR count). The lowest BCUT2D eigenvalue weighted by Crippen LogP contribution is -2.21. The molecule has 0 fully saturated rings. The van der Waals surface area contributed by atoms with Gasteiger partial charge < -0.3 is 9.64 Å². The number of pyridine rings is 1. The number of aromatic nitrogens is 1. The SMILES string of the molecule is COC(=O)CCCN(C)c1ccc([N+](=O)[O-])c(C#N)n1. The van der Waals surface area contributed by atoms with Crippen LogP contribution in [0.1, 0.15) is 18.5 Å². The molecule has 20 heavy (non-hydrogen) atoms. The van der Waals surface area contributed by atoms with Crippen LogP contribution in [0.4, 0.5) is 11.5 Å². The summed E-state index contributed by atoms with van der Waals surface area (Å²) < 4.78 is 4.53. The van der Waals surface area contributed by atoms with E-state index in [1.54, 1.807) is 18.0 Å². The van der Waals surface area contributed by atoms with E-state index in [-0.39, 0.29) is 23.8 Å². The molecule has 0 saturated carbocycles. The smallest absolute Gasteiger partial charge is 0.305 e. The number of carbonyl (C=O) groups is 1. The first kappa shape index (κ1) is 15.4. The van der Waals surface area contributed by atoms with Gasteiger partial charge in [-0.15, -0.1) is 0 Å². The summed E-state index contributed by atoms with van der Waals surface area (Å²) in [6.07, 6.45) is 0.836. The lowest BCUT2D eigenvalue weighted by Gasteiger charge is -2.17. The largest absolute Gasteiger partial charge is 0.469 e. The predicted molar refractivity (Wildman–Crippen MR) is 70.1 cm³/mol. The second-order valence-electron chi connectivity index (χ2n) is 4.01. The van der Waals surface area contributed by atoms with E-state index in [9.17, 15) is 14.9 Å². The van der Waals surface area contributed by atoms with Crippen LogP contribution in [-0.4, -0.2) is 36.6 Å². The highest BCUT2D eigenvalue weighted by Gasteiger charge is 2.16. The molecule has 0 spiro atoms. The number of rotatable bonds is 6. The van der Waals surface area contributed by atoms with E-state index >= 15 is 0 Å². The number of hydrogen-bond donors (Lipinski definition) is 0. The fraction of sp³-hybridized carbons (Fsp3) is 0.417. The van der Waals surface area contributed by atoms with E-state index in [0.717, 1.165) is 0 Å². The van der Waals surface area contributed by atoms with Crippen molar-refractivity contribution < 1.29 is 14.5 Å². The fourth-order valence-corrected chi connectivity index (χ4v) is 1.56. The van der Waals surface area contributed by atoms with Crippen LogP contribution in [0, 0.1) is 21.4 Å². The lowest BCUT2D eigenvalue weighted by molar-refractivity contribution is -0.385. The highest BCUT2D eigenvalue weighted by molar-refractivity contribution is 5.69. The Morgan fingerprint density at radius 2 is 2.30 bits per heavy atom. The van der Waals surface area contributed by atoms with Crippen molar-refractivity contribution in [3.63, 3.8) is 0 Å². The zero-order valence-corrected chi connectivity index (χ0v) is 11.2. The van der Waals surface area contributed by atoms with Crippen LogP contribution in [0.3, 0.4) is 0 Å². The highest BCUT2D eigenvalue weighted by Crippen LogP contribution is 2.20. The number of nitriles is 1. The molecular formula is C12H14N4O4. The normalized spacial score (nSPS) is 9.65. The summed E-state index contributed by atoms with van der Waals surface area (Å²) in [7, 11) is 3.05.